The van der Waals surface area contributed by atoms with E-state index < -0.39 is 11.8 Å². The summed E-state index contributed by atoms with van der Waals surface area (Å²) in [5.74, 6) is -1.16. The molecule has 3 aromatic heterocycles. The van der Waals surface area contributed by atoms with Gasteiger partial charge < -0.3 is 11.5 Å². The Labute approximate surface area is 261 Å². The summed E-state index contributed by atoms with van der Waals surface area (Å²) in [6.07, 6.45) is 2.87. The number of hydroxylamine groups is 1. The minimum Gasteiger partial charge on any atom is -0.379 e. The highest BCUT2D eigenvalue weighted by atomic mass is 127. The van der Waals surface area contributed by atoms with Crippen molar-refractivity contribution < 1.29 is 29.1 Å². The number of nitrogen functional groups attached to an aromatic ring is 2. The summed E-state index contributed by atoms with van der Waals surface area (Å²) in [6.45, 7) is 0. The molecule has 0 amide bonds. The number of halogens is 3. The van der Waals surface area contributed by atoms with Crippen LogP contribution in [0.5, 0.6) is 0 Å². The Bertz CT molecular complexity index is 1880. The fourth-order valence-electron chi connectivity index (χ4n) is 5.20. The average molecular weight is 723 g/mol. The Hall–Kier alpha value is -4.72. The number of hydrogen-bond donors (Lipinski definition) is 4. The number of nitrogens with two attached hydrogens (primary N) is 2. The molecule has 2 aliphatic carbocycles. The molecule has 2 aliphatic rings. The van der Waals surface area contributed by atoms with E-state index in [0.29, 0.717) is 11.3 Å². The highest BCUT2D eigenvalue weighted by Gasteiger charge is 2.31. The number of alkyl halides is 1. The molecule has 230 valence electrons. The second kappa shape index (κ2) is 13.3. The predicted molar refractivity (Wildman–Crippen MR) is 159 cm³/mol. The summed E-state index contributed by atoms with van der Waals surface area (Å²) in [7, 11) is 0. The molecule has 6 N–H and O–H groups in total. The summed E-state index contributed by atoms with van der Waals surface area (Å²) in [5.41, 5.74) is 16.9. The molecule has 0 spiro atoms. The third kappa shape index (κ3) is 6.02. The molecular weight excluding hydrogens is 697 g/mol. The fourth-order valence-corrected chi connectivity index (χ4v) is 5.20. The van der Waals surface area contributed by atoms with Crippen LogP contribution >= 0.6 is 22.6 Å². The lowest BCUT2D eigenvalue weighted by molar-refractivity contribution is 0.233. The molecule has 0 aliphatic heterocycles. The number of anilines is 2. The van der Waals surface area contributed by atoms with E-state index in [2.05, 4.69) is 40.0 Å². The molecule has 15 nitrogen and oxygen atoms in total. The first-order valence-corrected chi connectivity index (χ1v) is 14.4. The van der Waals surface area contributed by atoms with Crippen LogP contribution in [0.1, 0.15) is 54.2 Å². The summed E-state index contributed by atoms with van der Waals surface area (Å²) < 4.78 is 48.1. The van der Waals surface area contributed by atoms with E-state index in [1.165, 1.54) is 28.8 Å². The molecule has 2 unspecified atom stereocenters. The van der Waals surface area contributed by atoms with Gasteiger partial charge in [0.1, 0.15) is 11.6 Å². The third-order valence-corrected chi connectivity index (χ3v) is 7.11. The number of nitrogens with zero attached hydrogens (tertiary/aromatic N) is 7. The zero-order chi connectivity index (χ0) is 32.1. The molecule has 0 fully saturated rings. The van der Waals surface area contributed by atoms with Gasteiger partial charge in [-0.2, -0.15) is 0 Å². The van der Waals surface area contributed by atoms with E-state index >= 15 is 0 Å². The monoisotopic (exact) mass is 723 g/mol. The molecule has 18 heteroatoms. The van der Waals surface area contributed by atoms with Crippen molar-refractivity contribution in [3.05, 3.63) is 86.5 Å². The van der Waals surface area contributed by atoms with Crippen molar-refractivity contribution in [3.63, 3.8) is 0 Å². The van der Waals surface area contributed by atoms with Crippen LogP contribution in [0, 0.1) is 11.6 Å². The second-order valence-electron chi connectivity index (χ2n) is 9.52. The first-order chi connectivity index (χ1) is 21.7. The van der Waals surface area contributed by atoms with Crippen LogP contribution in [-0.4, -0.2) is 46.3 Å². The standard InChI is InChI=1S/C13H10FN5O3.C12H12FN5O2.CH3I/c14-7-3-1-6-2-4-9(8(6)5-7)19-12(18-21-13(19)20)10-11(15)17-22-16-10;13-7-3-1-6-2-4-9(8(6)5-7)15-12(16-19)10-11(14)18-20-17-10;1-2/h1,3,5,9H,2,4H2,(H2,15,17);1,3,5,9,19H,2,4H2,(H2,14,18)(H,15,16);1H3/i;;1D. The van der Waals surface area contributed by atoms with Gasteiger partial charge in [-0.1, -0.05) is 39.9 Å². The zero-order valence-corrected chi connectivity index (χ0v) is 24.8. The van der Waals surface area contributed by atoms with Gasteiger partial charge in [0.15, 0.2) is 28.9 Å². The van der Waals surface area contributed by atoms with E-state index in [1.807, 2.05) is 28.1 Å². The van der Waals surface area contributed by atoms with Crippen molar-refractivity contribution in [1.29, 1.82) is 0 Å². The molecule has 2 aromatic carbocycles. The lowest BCUT2D eigenvalue weighted by Crippen LogP contribution is -2.23. The van der Waals surface area contributed by atoms with E-state index in [9.17, 15) is 13.6 Å². The van der Waals surface area contributed by atoms with Crippen LogP contribution in [0.15, 0.2) is 60.0 Å². The van der Waals surface area contributed by atoms with Crippen molar-refractivity contribution in [2.45, 2.75) is 37.8 Å². The van der Waals surface area contributed by atoms with Gasteiger partial charge in [0.25, 0.3) is 0 Å². The van der Waals surface area contributed by atoms with Gasteiger partial charge in [0.05, 0.1) is 12.1 Å². The Morgan fingerprint density at radius 2 is 1.66 bits per heavy atom. The van der Waals surface area contributed by atoms with Crippen molar-refractivity contribution in [2.24, 2.45) is 4.99 Å². The topological polar surface area (TPSA) is 223 Å². The van der Waals surface area contributed by atoms with Gasteiger partial charge in [-0.05, 0) is 97.7 Å². The zero-order valence-electron chi connectivity index (χ0n) is 23.7. The number of benzene rings is 2. The normalized spacial score (nSPS) is 17.1. The molecular formula is C26H25F2IN10O5. The minimum absolute atomic E-state index is 0.000451. The van der Waals surface area contributed by atoms with Crippen LogP contribution < -0.4 is 22.7 Å². The first kappa shape index (κ1) is 29.4. The first-order valence-electron chi connectivity index (χ1n) is 13.6. The molecule has 0 saturated heterocycles. The number of nitrogens with one attached hydrogen (secondary N) is 1. The maximum absolute atomic E-state index is 13.5. The van der Waals surface area contributed by atoms with Crippen molar-refractivity contribution in [1.82, 2.24) is 35.8 Å². The maximum atomic E-state index is 13.5. The van der Waals surface area contributed by atoms with Crippen LogP contribution in [0.25, 0.3) is 11.5 Å². The average Bonchev–Trinajstić information content (AvgIpc) is 3.85. The number of fused-ring (bicyclic) bond motifs is 2. The summed E-state index contributed by atoms with van der Waals surface area (Å²) in [6, 6.07) is 8.50. The molecule has 3 heterocycles. The minimum atomic E-state index is -0.667. The highest BCUT2D eigenvalue weighted by Crippen LogP contribution is 2.37. The summed E-state index contributed by atoms with van der Waals surface area (Å²) >= 11 is 1.96. The summed E-state index contributed by atoms with van der Waals surface area (Å²) in [5, 5.41) is 26.9. The maximum Gasteiger partial charge on any atom is 0.442 e. The fraction of sp³-hybridized carbons (Fsp3) is 0.269. The van der Waals surface area contributed by atoms with Gasteiger partial charge >= 0.3 is 5.76 Å². The van der Waals surface area contributed by atoms with Crippen molar-refractivity contribution >= 4 is 40.1 Å². The van der Waals surface area contributed by atoms with Crippen LogP contribution in [0.2, 0.25) is 0 Å². The number of aryl methyl sites for hydroxylation is 2. The van der Waals surface area contributed by atoms with Gasteiger partial charge in [-0.25, -0.2) is 27.4 Å². The Morgan fingerprint density at radius 3 is 2.30 bits per heavy atom. The third-order valence-electron chi connectivity index (χ3n) is 7.11. The number of rotatable bonds is 4. The molecule has 0 bridgehead atoms. The Balaban J connectivity index is 0.000000165. The quantitative estimate of drug-likeness (QED) is 0.0687. The van der Waals surface area contributed by atoms with Gasteiger partial charge in [0, 0.05) is 1.37 Å². The Morgan fingerprint density at radius 1 is 1.02 bits per heavy atom. The van der Waals surface area contributed by atoms with Gasteiger partial charge in [0.2, 0.25) is 5.82 Å². The predicted octanol–water partition coefficient (Wildman–Crippen LogP) is 3.40. The van der Waals surface area contributed by atoms with Crippen molar-refractivity contribution in [3.8, 4) is 11.5 Å². The Kier molecular flexibility index (Phi) is 8.86. The van der Waals surface area contributed by atoms with Crippen LogP contribution in [-0.2, 0) is 12.8 Å². The molecule has 0 saturated carbocycles. The lowest BCUT2D eigenvalue weighted by atomic mass is 10.1. The van der Waals surface area contributed by atoms with Crippen molar-refractivity contribution in [2.75, 3.05) is 16.4 Å². The van der Waals surface area contributed by atoms with E-state index in [0.717, 1.165) is 41.5 Å². The summed E-state index contributed by atoms with van der Waals surface area (Å²) in [4.78, 5) is 16.8. The number of amidine groups is 1. The van der Waals surface area contributed by atoms with Gasteiger partial charge in [-0.3, -0.25) is 20.2 Å². The smallest absolute Gasteiger partial charge is 0.379 e. The molecule has 2 atom stereocenters. The number of hydrogen-bond acceptors (Lipinski definition) is 13. The second-order valence-corrected chi connectivity index (χ2v) is 9.52. The van der Waals surface area contributed by atoms with E-state index in [-0.39, 0.29) is 52.4 Å². The number of aromatic nitrogens is 6. The molecule has 7 rings (SSSR count). The van der Waals surface area contributed by atoms with Crippen LogP contribution in [0.3, 0.4) is 0 Å². The van der Waals surface area contributed by atoms with Crippen LogP contribution in [0.4, 0.5) is 20.4 Å². The molecule has 44 heavy (non-hydrogen) atoms. The van der Waals surface area contributed by atoms with Gasteiger partial charge in [-0.15, -0.1) is 0 Å². The number of aliphatic imine (C=N–C) groups is 1. The van der Waals surface area contributed by atoms with E-state index in [4.69, 9.17) is 22.6 Å². The largest absolute Gasteiger partial charge is 0.442 e. The molecule has 5 aromatic rings. The highest BCUT2D eigenvalue weighted by molar-refractivity contribution is 14.1. The SMILES string of the molecule is Nc1nonc1-c1noc(=O)n1C1CCc2ccc(F)cc21.Nc1nonc1C(=NC1CCc2ccc(F)cc21)NO.[2H]CI. The lowest BCUT2D eigenvalue weighted by Gasteiger charge is -2.13. The molecule has 0 radical (unpaired) electrons. The van der Waals surface area contributed by atoms with E-state index in [1.54, 1.807) is 12.1 Å².